The van der Waals surface area contributed by atoms with Gasteiger partial charge in [-0.3, -0.25) is 0 Å². The number of hydrogen-bond donors (Lipinski definition) is 1. The molecular weight excluding hydrogens is 310 g/mol. The molecule has 0 aromatic heterocycles. The maximum Gasteiger partial charge on any atom is 0.222 e. The average molecular weight is 344 g/mol. The molecule has 1 N–H and O–H groups in total. The van der Waals surface area contributed by atoms with Crippen LogP contribution in [0.2, 0.25) is 0 Å². The summed E-state index contributed by atoms with van der Waals surface area (Å²) in [7, 11) is 0. The van der Waals surface area contributed by atoms with E-state index >= 15 is 0 Å². The number of guanidine groups is 1. The molecule has 138 valence electrons. The van der Waals surface area contributed by atoms with E-state index in [0.29, 0.717) is 5.92 Å². The van der Waals surface area contributed by atoms with Crippen molar-refractivity contribution >= 4 is 12.2 Å². The van der Waals surface area contributed by atoms with Gasteiger partial charge >= 0.3 is 0 Å². The van der Waals surface area contributed by atoms with E-state index in [1.165, 1.54) is 17.6 Å². The van der Waals surface area contributed by atoms with Crippen LogP contribution in [0.4, 0.5) is 0 Å². The molecular formula is C20H33N5. The minimum Gasteiger partial charge on any atom is -0.339 e. The lowest BCUT2D eigenvalue weighted by molar-refractivity contribution is 0.272. The van der Waals surface area contributed by atoms with Crippen LogP contribution in [0.15, 0.2) is 45.7 Å². The fourth-order valence-electron chi connectivity index (χ4n) is 3.02. The zero-order chi connectivity index (χ0) is 18.2. The minimum atomic E-state index is 0.173. The standard InChI is InChI=1S/C20H33N5/c1-6-16(3)9-8-10-17(4)19-15-22-20(24-13-11-21-12-14-24)25(18(19)5)23-7-2/h7-10,15-16,18,21H,6,11-14H2,1-5H3/b9-8-,17-10+,23-7-/t16-,18?/m1/s1. The molecule has 2 atom stereocenters. The van der Waals surface area contributed by atoms with Gasteiger partial charge in [-0.05, 0) is 37.8 Å². The molecule has 5 heteroatoms. The first-order chi connectivity index (χ1) is 12.1. The van der Waals surface area contributed by atoms with Crippen molar-refractivity contribution in [3.63, 3.8) is 0 Å². The largest absolute Gasteiger partial charge is 0.339 e. The molecule has 0 aliphatic carbocycles. The molecule has 0 bridgehead atoms. The Morgan fingerprint density at radius 2 is 2.16 bits per heavy atom. The molecule has 2 aliphatic heterocycles. The molecule has 0 spiro atoms. The van der Waals surface area contributed by atoms with E-state index in [-0.39, 0.29) is 6.04 Å². The third-order valence-corrected chi connectivity index (χ3v) is 4.87. The van der Waals surface area contributed by atoms with Gasteiger partial charge in [0.25, 0.3) is 0 Å². The van der Waals surface area contributed by atoms with Crippen LogP contribution in [0.1, 0.15) is 41.0 Å². The van der Waals surface area contributed by atoms with E-state index < -0.39 is 0 Å². The highest BCUT2D eigenvalue weighted by atomic mass is 15.6. The van der Waals surface area contributed by atoms with Crippen molar-refractivity contribution in [1.29, 1.82) is 0 Å². The van der Waals surface area contributed by atoms with E-state index in [9.17, 15) is 0 Å². The van der Waals surface area contributed by atoms with Crippen molar-refractivity contribution in [2.75, 3.05) is 26.2 Å². The molecule has 0 aromatic carbocycles. The summed E-state index contributed by atoms with van der Waals surface area (Å²) < 4.78 is 0. The minimum absolute atomic E-state index is 0.173. The summed E-state index contributed by atoms with van der Waals surface area (Å²) in [5.74, 6) is 1.57. The zero-order valence-corrected chi connectivity index (χ0v) is 16.4. The molecule has 2 aliphatic rings. The second-order valence-electron chi connectivity index (χ2n) is 6.76. The van der Waals surface area contributed by atoms with Crippen molar-refractivity contribution in [1.82, 2.24) is 15.2 Å². The smallest absolute Gasteiger partial charge is 0.222 e. The molecule has 5 nitrogen and oxygen atoms in total. The Balaban J connectivity index is 2.23. The molecule has 0 aromatic rings. The molecule has 25 heavy (non-hydrogen) atoms. The van der Waals surface area contributed by atoms with Gasteiger partial charge in [0, 0.05) is 38.6 Å². The number of nitrogens with one attached hydrogen (secondary N) is 1. The number of hydrazone groups is 1. The summed E-state index contributed by atoms with van der Waals surface area (Å²) in [5.41, 5.74) is 2.46. The highest BCUT2D eigenvalue weighted by Crippen LogP contribution is 2.25. The van der Waals surface area contributed by atoms with Crippen LogP contribution < -0.4 is 5.32 Å². The first-order valence-electron chi connectivity index (χ1n) is 9.45. The summed E-state index contributed by atoms with van der Waals surface area (Å²) in [6.45, 7) is 14.7. The number of hydrogen-bond acceptors (Lipinski definition) is 5. The monoisotopic (exact) mass is 343 g/mol. The Morgan fingerprint density at radius 1 is 1.44 bits per heavy atom. The van der Waals surface area contributed by atoms with Crippen LogP contribution >= 0.6 is 0 Å². The summed E-state index contributed by atoms with van der Waals surface area (Å²) in [5, 5.41) is 10.0. The van der Waals surface area contributed by atoms with Gasteiger partial charge < -0.3 is 10.2 Å². The third kappa shape index (κ3) is 5.05. The van der Waals surface area contributed by atoms with E-state index in [1.807, 2.05) is 19.3 Å². The third-order valence-electron chi connectivity index (χ3n) is 4.87. The van der Waals surface area contributed by atoms with Gasteiger partial charge in [0.2, 0.25) is 5.96 Å². The van der Waals surface area contributed by atoms with Crippen molar-refractivity contribution in [3.05, 3.63) is 35.6 Å². The topological polar surface area (TPSA) is 43.2 Å². The number of piperazine rings is 1. The summed E-state index contributed by atoms with van der Waals surface area (Å²) in [6, 6.07) is 0.173. The Labute approximate surface area is 152 Å². The molecule has 1 saturated heterocycles. The molecule has 0 saturated carbocycles. The molecule has 0 amide bonds. The first kappa shape index (κ1) is 19.4. The highest BCUT2D eigenvalue weighted by Gasteiger charge is 2.29. The van der Waals surface area contributed by atoms with E-state index in [2.05, 4.69) is 66.3 Å². The summed E-state index contributed by atoms with van der Waals surface area (Å²) in [4.78, 5) is 7.08. The van der Waals surface area contributed by atoms with Gasteiger partial charge in [0.05, 0.1) is 6.04 Å². The van der Waals surface area contributed by atoms with Crippen molar-refractivity contribution in [3.8, 4) is 0 Å². The molecule has 1 fully saturated rings. The van der Waals surface area contributed by atoms with Crippen LogP contribution in [0.5, 0.6) is 0 Å². The average Bonchev–Trinajstić information content (AvgIpc) is 2.63. The Hall–Kier alpha value is -1.88. The second kappa shape index (κ2) is 9.56. The van der Waals surface area contributed by atoms with Crippen LogP contribution in [-0.4, -0.2) is 54.3 Å². The first-order valence-corrected chi connectivity index (χ1v) is 9.45. The highest BCUT2D eigenvalue weighted by molar-refractivity contribution is 5.83. The van der Waals surface area contributed by atoms with Gasteiger partial charge in [-0.25, -0.2) is 10.0 Å². The SMILES string of the molecule is C/C=N\N1C(N2CCNCC2)=NC=C(/C(C)=C/C=C\[C@H](C)CC)C1C. The second-order valence-corrected chi connectivity index (χ2v) is 6.76. The van der Waals surface area contributed by atoms with Gasteiger partial charge in [-0.15, -0.1) is 0 Å². The Bertz CT molecular complexity index is 579. The lowest BCUT2D eigenvalue weighted by atomic mass is 9.99. The molecule has 1 unspecified atom stereocenters. The van der Waals surface area contributed by atoms with Gasteiger partial charge in [-0.2, -0.15) is 5.10 Å². The quantitative estimate of drug-likeness (QED) is 0.615. The fraction of sp³-hybridized carbons (Fsp3) is 0.600. The number of rotatable bonds is 5. The van der Waals surface area contributed by atoms with E-state index in [0.717, 1.165) is 32.1 Å². The van der Waals surface area contributed by atoms with Crippen LogP contribution in [-0.2, 0) is 0 Å². The van der Waals surface area contributed by atoms with E-state index in [4.69, 9.17) is 4.99 Å². The lowest BCUT2D eigenvalue weighted by Crippen LogP contribution is -2.54. The predicted octanol–water partition coefficient (Wildman–Crippen LogP) is 3.39. The number of nitrogens with zero attached hydrogens (tertiary/aromatic N) is 4. The Kier molecular flexibility index (Phi) is 7.44. The van der Waals surface area contributed by atoms with E-state index in [1.54, 1.807) is 0 Å². The fourth-order valence-corrected chi connectivity index (χ4v) is 3.02. The van der Waals surface area contributed by atoms with Gasteiger partial charge in [-0.1, -0.05) is 38.5 Å². The maximum atomic E-state index is 4.77. The number of aliphatic imine (C=N–C) groups is 1. The zero-order valence-electron chi connectivity index (χ0n) is 16.4. The van der Waals surface area contributed by atoms with Crippen LogP contribution in [0, 0.1) is 5.92 Å². The predicted molar refractivity (Wildman–Crippen MR) is 108 cm³/mol. The Morgan fingerprint density at radius 3 is 2.80 bits per heavy atom. The van der Waals surface area contributed by atoms with Gasteiger partial charge in [0.1, 0.15) is 0 Å². The number of allylic oxidation sites excluding steroid dienone is 3. The van der Waals surface area contributed by atoms with Crippen LogP contribution in [0.25, 0.3) is 0 Å². The normalized spacial score (nSPS) is 24.0. The van der Waals surface area contributed by atoms with Crippen molar-refractivity contribution < 1.29 is 0 Å². The molecule has 0 radical (unpaired) electrons. The maximum absolute atomic E-state index is 4.77. The molecule has 2 rings (SSSR count). The van der Waals surface area contributed by atoms with Crippen molar-refractivity contribution in [2.45, 2.75) is 47.1 Å². The molecule has 2 heterocycles. The van der Waals surface area contributed by atoms with Crippen LogP contribution in [0.3, 0.4) is 0 Å². The van der Waals surface area contributed by atoms with Crippen molar-refractivity contribution in [2.24, 2.45) is 16.0 Å². The van der Waals surface area contributed by atoms with Gasteiger partial charge in [0.15, 0.2) is 0 Å². The summed E-state index contributed by atoms with van der Waals surface area (Å²) in [6.07, 6.45) is 11.6. The lowest BCUT2D eigenvalue weighted by Gasteiger charge is -2.39. The summed E-state index contributed by atoms with van der Waals surface area (Å²) >= 11 is 0.